The Balaban J connectivity index is 2.24. The van der Waals surface area contributed by atoms with E-state index in [1.807, 2.05) is 25.1 Å². The molecule has 7 nitrogen and oxygen atoms in total. The standard InChI is InChI=1S/C18H20N2O5/c1-11-6-5-7-12(8-11)17(19)20-25-18(21)13-9-14(22-2)16(24-4)15(10-13)23-3/h5-10H,1-4H3,(H2,19,20). The Bertz CT molecular complexity index is 777. The number of methoxy groups -OCH3 is 3. The highest BCUT2D eigenvalue weighted by Crippen LogP contribution is 2.38. The van der Waals surface area contributed by atoms with Crippen molar-refractivity contribution >= 4 is 11.8 Å². The quantitative estimate of drug-likeness (QED) is 0.375. The molecule has 2 aromatic rings. The molecule has 25 heavy (non-hydrogen) atoms. The molecule has 0 radical (unpaired) electrons. The van der Waals surface area contributed by atoms with Gasteiger partial charge in [-0.05, 0) is 25.1 Å². The molecule has 0 atom stereocenters. The molecule has 2 rings (SSSR count). The lowest BCUT2D eigenvalue weighted by molar-refractivity contribution is 0.0515. The zero-order chi connectivity index (χ0) is 18.4. The first kappa shape index (κ1) is 18.1. The van der Waals surface area contributed by atoms with Crippen molar-refractivity contribution in [2.45, 2.75) is 6.92 Å². The summed E-state index contributed by atoms with van der Waals surface area (Å²) in [6.45, 7) is 1.93. The van der Waals surface area contributed by atoms with Crippen molar-refractivity contribution < 1.29 is 23.8 Å². The Morgan fingerprint density at radius 3 is 2.12 bits per heavy atom. The smallest absolute Gasteiger partial charge is 0.366 e. The van der Waals surface area contributed by atoms with Crippen LogP contribution in [0.15, 0.2) is 41.6 Å². The molecule has 0 aliphatic carbocycles. The van der Waals surface area contributed by atoms with Gasteiger partial charge in [0.15, 0.2) is 17.3 Å². The van der Waals surface area contributed by atoms with E-state index in [-0.39, 0.29) is 11.4 Å². The first-order valence-electron chi connectivity index (χ1n) is 7.42. The van der Waals surface area contributed by atoms with Gasteiger partial charge in [0.25, 0.3) is 0 Å². The number of rotatable bonds is 6. The van der Waals surface area contributed by atoms with Gasteiger partial charge < -0.3 is 24.8 Å². The van der Waals surface area contributed by atoms with Crippen molar-refractivity contribution in [1.82, 2.24) is 0 Å². The van der Waals surface area contributed by atoms with Crippen LogP contribution in [-0.2, 0) is 4.84 Å². The number of benzene rings is 2. The Morgan fingerprint density at radius 2 is 1.60 bits per heavy atom. The minimum absolute atomic E-state index is 0.101. The van der Waals surface area contributed by atoms with Crippen LogP contribution < -0.4 is 19.9 Å². The Kier molecular flexibility index (Phi) is 5.84. The van der Waals surface area contributed by atoms with E-state index in [9.17, 15) is 4.79 Å². The number of nitrogens with two attached hydrogens (primary N) is 1. The van der Waals surface area contributed by atoms with Gasteiger partial charge in [0.05, 0.1) is 26.9 Å². The van der Waals surface area contributed by atoms with Gasteiger partial charge in [-0.25, -0.2) is 4.79 Å². The molecule has 0 fully saturated rings. The second kappa shape index (κ2) is 8.05. The molecule has 0 aliphatic rings. The second-order valence-electron chi connectivity index (χ2n) is 5.14. The van der Waals surface area contributed by atoms with Gasteiger partial charge in [-0.2, -0.15) is 0 Å². The van der Waals surface area contributed by atoms with Gasteiger partial charge in [-0.1, -0.05) is 28.9 Å². The number of nitrogens with zero attached hydrogens (tertiary/aromatic N) is 1. The minimum Gasteiger partial charge on any atom is -0.493 e. The van der Waals surface area contributed by atoms with Gasteiger partial charge in [-0.15, -0.1) is 0 Å². The maximum atomic E-state index is 12.2. The summed E-state index contributed by atoms with van der Waals surface area (Å²) in [7, 11) is 4.39. The number of amidine groups is 1. The third-order valence-electron chi connectivity index (χ3n) is 3.44. The molecule has 0 amide bonds. The summed E-state index contributed by atoms with van der Waals surface area (Å²) in [4.78, 5) is 17.2. The summed E-state index contributed by atoms with van der Waals surface area (Å²) in [5, 5.41) is 3.70. The Labute approximate surface area is 145 Å². The van der Waals surface area contributed by atoms with Crippen LogP contribution >= 0.6 is 0 Å². The van der Waals surface area contributed by atoms with E-state index in [0.717, 1.165) is 5.56 Å². The molecule has 0 bridgehead atoms. The molecule has 2 aromatic carbocycles. The van der Waals surface area contributed by atoms with Gasteiger partial charge in [-0.3, -0.25) is 0 Å². The lowest BCUT2D eigenvalue weighted by Crippen LogP contribution is -2.15. The fourth-order valence-electron chi connectivity index (χ4n) is 2.20. The van der Waals surface area contributed by atoms with Crippen LogP contribution in [-0.4, -0.2) is 33.1 Å². The number of hydrogen-bond donors (Lipinski definition) is 1. The van der Waals surface area contributed by atoms with Crippen LogP contribution in [0.5, 0.6) is 17.2 Å². The van der Waals surface area contributed by atoms with Crippen molar-refractivity contribution in [3.05, 3.63) is 53.1 Å². The normalized spacial score (nSPS) is 11.0. The number of ether oxygens (including phenoxy) is 3. The van der Waals surface area contributed by atoms with Crippen LogP contribution in [0.4, 0.5) is 0 Å². The van der Waals surface area contributed by atoms with Crippen LogP contribution in [0, 0.1) is 6.92 Å². The lowest BCUT2D eigenvalue weighted by Gasteiger charge is -2.13. The summed E-state index contributed by atoms with van der Waals surface area (Å²) in [5.41, 5.74) is 7.73. The molecule has 0 aliphatic heterocycles. The van der Waals surface area contributed by atoms with Crippen LogP contribution in [0.2, 0.25) is 0 Å². The fraction of sp³-hybridized carbons (Fsp3) is 0.222. The first-order chi connectivity index (χ1) is 12.0. The highest BCUT2D eigenvalue weighted by Gasteiger charge is 2.18. The maximum Gasteiger partial charge on any atom is 0.366 e. The minimum atomic E-state index is -0.699. The van der Waals surface area contributed by atoms with Crippen molar-refractivity contribution in [2.75, 3.05) is 21.3 Å². The average Bonchev–Trinajstić information content (AvgIpc) is 2.64. The molecule has 0 unspecified atom stereocenters. The zero-order valence-corrected chi connectivity index (χ0v) is 14.5. The summed E-state index contributed by atoms with van der Waals surface area (Å²) in [5.74, 6) is 0.456. The third-order valence-corrected chi connectivity index (χ3v) is 3.44. The predicted molar refractivity (Wildman–Crippen MR) is 93.4 cm³/mol. The van der Waals surface area contributed by atoms with Crippen LogP contribution in [0.1, 0.15) is 21.5 Å². The molecule has 2 N–H and O–H groups in total. The van der Waals surface area contributed by atoms with Crippen LogP contribution in [0.3, 0.4) is 0 Å². The van der Waals surface area contributed by atoms with Gasteiger partial charge in [0.1, 0.15) is 0 Å². The van der Waals surface area contributed by atoms with Crippen molar-refractivity contribution in [3.8, 4) is 17.2 Å². The predicted octanol–water partition coefficient (Wildman–Crippen LogP) is 2.50. The van der Waals surface area contributed by atoms with E-state index in [0.29, 0.717) is 22.8 Å². The van der Waals surface area contributed by atoms with Crippen molar-refractivity contribution in [3.63, 3.8) is 0 Å². The number of hydrogen-bond acceptors (Lipinski definition) is 6. The SMILES string of the molecule is COc1cc(C(=O)O/N=C(/N)c2cccc(C)c2)cc(OC)c1OC. The van der Waals surface area contributed by atoms with Gasteiger partial charge >= 0.3 is 5.97 Å². The van der Waals surface area contributed by atoms with Crippen LogP contribution in [0.25, 0.3) is 0 Å². The molecular weight excluding hydrogens is 324 g/mol. The molecule has 0 aromatic heterocycles. The molecule has 132 valence electrons. The highest BCUT2D eigenvalue weighted by molar-refractivity contribution is 5.98. The number of carbonyl (C=O) groups is 1. The molecule has 0 saturated carbocycles. The van der Waals surface area contributed by atoms with Gasteiger partial charge in [0, 0.05) is 5.56 Å². The summed E-state index contributed by atoms with van der Waals surface area (Å²) in [6, 6.07) is 10.3. The summed E-state index contributed by atoms with van der Waals surface area (Å²) >= 11 is 0. The van der Waals surface area contributed by atoms with Crippen molar-refractivity contribution in [1.29, 1.82) is 0 Å². The molecule has 0 saturated heterocycles. The largest absolute Gasteiger partial charge is 0.493 e. The number of aryl methyl sites for hydroxylation is 1. The average molecular weight is 344 g/mol. The van der Waals surface area contributed by atoms with E-state index >= 15 is 0 Å². The van der Waals surface area contributed by atoms with Crippen molar-refractivity contribution in [2.24, 2.45) is 10.9 Å². The Morgan fingerprint density at radius 1 is 0.960 bits per heavy atom. The first-order valence-corrected chi connectivity index (χ1v) is 7.42. The highest BCUT2D eigenvalue weighted by atomic mass is 16.7. The van der Waals surface area contributed by atoms with E-state index in [2.05, 4.69) is 5.16 Å². The van der Waals surface area contributed by atoms with E-state index in [1.54, 1.807) is 6.07 Å². The summed E-state index contributed by atoms with van der Waals surface area (Å²) in [6.07, 6.45) is 0. The molecule has 0 heterocycles. The summed E-state index contributed by atoms with van der Waals surface area (Å²) < 4.78 is 15.6. The Hall–Kier alpha value is -3.22. The van der Waals surface area contributed by atoms with E-state index < -0.39 is 5.97 Å². The topological polar surface area (TPSA) is 92.4 Å². The third kappa shape index (κ3) is 4.20. The number of carbonyl (C=O) groups excluding carboxylic acids is 1. The van der Waals surface area contributed by atoms with Gasteiger partial charge in [0.2, 0.25) is 5.75 Å². The molecular formula is C18H20N2O5. The van der Waals surface area contributed by atoms with E-state index in [1.165, 1.54) is 33.5 Å². The lowest BCUT2D eigenvalue weighted by atomic mass is 10.1. The maximum absolute atomic E-state index is 12.2. The second-order valence-corrected chi connectivity index (χ2v) is 5.14. The molecule has 0 spiro atoms. The zero-order valence-electron chi connectivity index (χ0n) is 14.5. The fourth-order valence-corrected chi connectivity index (χ4v) is 2.20. The molecule has 7 heteroatoms. The number of oxime groups is 1. The monoisotopic (exact) mass is 344 g/mol. The van der Waals surface area contributed by atoms with E-state index in [4.69, 9.17) is 24.8 Å².